The van der Waals surface area contributed by atoms with Crippen molar-refractivity contribution in [3.8, 4) is 0 Å². The van der Waals surface area contributed by atoms with Gasteiger partial charge in [-0.05, 0) is 37.1 Å². The van der Waals surface area contributed by atoms with Gasteiger partial charge in [0.05, 0.1) is 0 Å². The molecular formula is C16H23N3S2. The van der Waals surface area contributed by atoms with E-state index in [-0.39, 0.29) is 0 Å². The zero-order valence-corrected chi connectivity index (χ0v) is 14.1. The highest BCUT2D eigenvalue weighted by atomic mass is 32.2. The smallest absolute Gasteiger partial charge is 0.107 e. The number of likely N-dealkylation sites (tertiary alicyclic amines) is 1. The van der Waals surface area contributed by atoms with Crippen LogP contribution < -0.4 is 11.1 Å². The Labute approximate surface area is 136 Å². The van der Waals surface area contributed by atoms with E-state index in [2.05, 4.69) is 35.3 Å². The minimum Gasteiger partial charge on any atom is -0.389 e. The van der Waals surface area contributed by atoms with E-state index in [1.807, 2.05) is 0 Å². The zero-order valence-electron chi connectivity index (χ0n) is 12.5. The first kappa shape index (κ1) is 15.1. The molecule has 1 aromatic carbocycles. The Kier molecular flexibility index (Phi) is 4.72. The van der Waals surface area contributed by atoms with Crippen LogP contribution in [-0.4, -0.2) is 40.8 Å². The van der Waals surface area contributed by atoms with Crippen LogP contribution in [0, 0.1) is 0 Å². The Bertz CT molecular complexity index is 528. The quantitative estimate of drug-likeness (QED) is 0.622. The molecule has 0 amide bonds. The molecule has 3 nitrogen and oxygen atoms in total. The molecule has 2 fully saturated rings. The first-order chi connectivity index (χ1) is 10.2. The molecule has 1 aliphatic heterocycles. The fourth-order valence-electron chi connectivity index (χ4n) is 3.08. The first-order valence-corrected chi connectivity index (χ1v) is 9.14. The van der Waals surface area contributed by atoms with E-state index in [0.29, 0.717) is 11.0 Å². The highest BCUT2D eigenvalue weighted by molar-refractivity contribution is 7.99. The maximum Gasteiger partial charge on any atom is 0.107 e. The normalized spacial score (nSPS) is 22.4. The van der Waals surface area contributed by atoms with E-state index < -0.39 is 0 Å². The Morgan fingerprint density at radius 2 is 2.24 bits per heavy atom. The number of hydrogen-bond donors (Lipinski definition) is 2. The third-order valence-corrected chi connectivity index (χ3v) is 5.36. The third-order valence-electron chi connectivity index (χ3n) is 4.22. The number of anilines is 1. The van der Waals surface area contributed by atoms with Crippen LogP contribution in [0.5, 0.6) is 0 Å². The lowest BCUT2D eigenvalue weighted by Gasteiger charge is -2.20. The third kappa shape index (κ3) is 3.52. The molecule has 1 saturated carbocycles. The van der Waals surface area contributed by atoms with Gasteiger partial charge in [0, 0.05) is 41.3 Å². The minimum atomic E-state index is 0.492. The number of thioether (sulfide) groups is 1. The molecule has 3 rings (SSSR count). The van der Waals surface area contributed by atoms with Crippen LogP contribution >= 0.6 is 24.0 Å². The van der Waals surface area contributed by atoms with Crippen LogP contribution in [0.1, 0.15) is 31.7 Å². The molecule has 21 heavy (non-hydrogen) atoms. The van der Waals surface area contributed by atoms with Crippen molar-refractivity contribution in [1.29, 1.82) is 0 Å². The number of nitrogens with zero attached hydrogens (tertiary/aromatic N) is 1. The van der Waals surface area contributed by atoms with E-state index in [4.69, 9.17) is 18.0 Å². The largest absolute Gasteiger partial charge is 0.389 e. The molecule has 1 aromatic rings. The molecule has 1 saturated heterocycles. The molecule has 0 bridgehead atoms. The average molecular weight is 322 g/mol. The van der Waals surface area contributed by atoms with E-state index in [1.165, 1.54) is 30.7 Å². The van der Waals surface area contributed by atoms with Gasteiger partial charge in [-0.2, -0.15) is 0 Å². The predicted molar refractivity (Wildman–Crippen MR) is 95.4 cm³/mol. The summed E-state index contributed by atoms with van der Waals surface area (Å²) >= 11 is 7.08. The zero-order chi connectivity index (χ0) is 14.8. The second kappa shape index (κ2) is 6.55. The molecule has 0 radical (unpaired) electrons. The van der Waals surface area contributed by atoms with E-state index in [0.717, 1.165) is 29.6 Å². The summed E-state index contributed by atoms with van der Waals surface area (Å²) in [6, 6.07) is 7.68. The van der Waals surface area contributed by atoms with Crippen LogP contribution in [0.3, 0.4) is 0 Å². The number of nitrogens with two attached hydrogens (primary N) is 1. The Morgan fingerprint density at radius 1 is 1.43 bits per heavy atom. The van der Waals surface area contributed by atoms with Gasteiger partial charge in [-0.25, -0.2) is 0 Å². The maximum absolute atomic E-state index is 5.97. The fourth-order valence-corrected chi connectivity index (χ4v) is 4.21. The molecule has 114 valence electrons. The molecule has 1 unspecified atom stereocenters. The standard InChI is InChI=1S/C16H23N3S2/c1-2-21-14-5-3-4-13(15(14)16(17)20)18-11-8-9-19(10-11)12-6-7-12/h3-5,11-12,18H,2,6-10H2,1H3,(H2,17,20). The summed E-state index contributed by atoms with van der Waals surface area (Å²) in [4.78, 5) is 4.29. The van der Waals surface area contributed by atoms with Gasteiger partial charge < -0.3 is 11.1 Å². The van der Waals surface area contributed by atoms with Gasteiger partial charge in [-0.15, -0.1) is 11.8 Å². The number of nitrogens with one attached hydrogen (secondary N) is 1. The van der Waals surface area contributed by atoms with Gasteiger partial charge in [0.2, 0.25) is 0 Å². The molecule has 5 heteroatoms. The molecular weight excluding hydrogens is 298 g/mol. The summed E-state index contributed by atoms with van der Waals surface area (Å²) in [5.41, 5.74) is 8.09. The Morgan fingerprint density at radius 3 is 2.90 bits per heavy atom. The highest BCUT2D eigenvalue weighted by Crippen LogP contribution is 2.32. The van der Waals surface area contributed by atoms with Crippen molar-refractivity contribution in [3.63, 3.8) is 0 Å². The van der Waals surface area contributed by atoms with E-state index in [9.17, 15) is 0 Å². The summed E-state index contributed by atoms with van der Waals surface area (Å²) < 4.78 is 0. The van der Waals surface area contributed by atoms with Crippen molar-refractivity contribution in [2.75, 3.05) is 24.2 Å². The SMILES string of the molecule is CCSc1cccc(NC2CCN(C3CC3)C2)c1C(N)=S. The van der Waals surface area contributed by atoms with Gasteiger partial charge >= 0.3 is 0 Å². The van der Waals surface area contributed by atoms with Crippen molar-refractivity contribution < 1.29 is 0 Å². The molecule has 1 heterocycles. The Hall–Kier alpha value is -0.780. The van der Waals surface area contributed by atoms with Gasteiger partial charge in [0.25, 0.3) is 0 Å². The van der Waals surface area contributed by atoms with Crippen molar-refractivity contribution in [1.82, 2.24) is 4.90 Å². The summed E-state index contributed by atoms with van der Waals surface area (Å²) in [5.74, 6) is 1.03. The Balaban J connectivity index is 1.75. The van der Waals surface area contributed by atoms with Gasteiger partial charge in [-0.3, -0.25) is 4.90 Å². The van der Waals surface area contributed by atoms with Crippen LogP contribution in [0.2, 0.25) is 0 Å². The summed E-state index contributed by atoms with van der Waals surface area (Å²) in [6.45, 7) is 4.51. The molecule has 1 aliphatic carbocycles. The van der Waals surface area contributed by atoms with E-state index in [1.54, 1.807) is 11.8 Å². The van der Waals surface area contributed by atoms with Gasteiger partial charge in [0.15, 0.2) is 0 Å². The number of thiocarbonyl (C=S) groups is 1. The number of benzene rings is 1. The number of rotatable bonds is 6. The summed E-state index contributed by atoms with van der Waals surface area (Å²) in [5, 5.41) is 3.68. The predicted octanol–water partition coefficient (Wildman–Crippen LogP) is 3.08. The van der Waals surface area contributed by atoms with Crippen molar-refractivity contribution >= 4 is 34.7 Å². The molecule has 0 aromatic heterocycles. The van der Waals surface area contributed by atoms with Crippen LogP contribution in [0.25, 0.3) is 0 Å². The molecule has 0 spiro atoms. The second-order valence-corrected chi connectivity index (χ2v) is 7.58. The van der Waals surface area contributed by atoms with Crippen LogP contribution in [0.15, 0.2) is 23.1 Å². The van der Waals surface area contributed by atoms with Crippen molar-refractivity contribution in [2.24, 2.45) is 5.73 Å². The first-order valence-electron chi connectivity index (χ1n) is 7.75. The molecule has 3 N–H and O–H groups in total. The van der Waals surface area contributed by atoms with Crippen LogP contribution in [0.4, 0.5) is 5.69 Å². The number of hydrogen-bond acceptors (Lipinski definition) is 4. The lowest BCUT2D eigenvalue weighted by atomic mass is 10.1. The highest BCUT2D eigenvalue weighted by Gasteiger charge is 2.34. The lowest BCUT2D eigenvalue weighted by Crippen LogP contribution is -2.28. The topological polar surface area (TPSA) is 41.3 Å². The fraction of sp³-hybridized carbons (Fsp3) is 0.562. The van der Waals surface area contributed by atoms with Gasteiger partial charge in [0.1, 0.15) is 4.99 Å². The minimum absolute atomic E-state index is 0.492. The maximum atomic E-state index is 5.97. The van der Waals surface area contributed by atoms with Crippen molar-refractivity contribution in [3.05, 3.63) is 23.8 Å². The summed E-state index contributed by atoms with van der Waals surface area (Å²) in [6.07, 6.45) is 3.97. The average Bonchev–Trinajstić information content (AvgIpc) is 3.20. The lowest BCUT2D eigenvalue weighted by molar-refractivity contribution is 0.326. The summed E-state index contributed by atoms with van der Waals surface area (Å²) in [7, 11) is 0. The molecule has 2 aliphatic rings. The molecule has 1 atom stereocenters. The van der Waals surface area contributed by atoms with Crippen LogP contribution in [-0.2, 0) is 0 Å². The monoisotopic (exact) mass is 321 g/mol. The van der Waals surface area contributed by atoms with E-state index >= 15 is 0 Å². The second-order valence-electron chi connectivity index (χ2n) is 5.83. The van der Waals surface area contributed by atoms with Gasteiger partial charge in [-0.1, -0.05) is 25.2 Å². The van der Waals surface area contributed by atoms with Crippen molar-refractivity contribution in [2.45, 2.75) is 43.2 Å².